The average molecular weight is 241 g/mol. The maximum Gasteiger partial charge on any atom is 0.186 e. The Balaban J connectivity index is 2.09. The molecule has 4 N–H and O–H groups in total. The summed E-state index contributed by atoms with van der Waals surface area (Å²) in [5.41, 5.74) is 7.95. The van der Waals surface area contributed by atoms with Gasteiger partial charge in [0.05, 0.1) is 11.1 Å². The number of nitrogens with one attached hydrogen (secondary N) is 1. The van der Waals surface area contributed by atoms with Gasteiger partial charge in [0.15, 0.2) is 5.65 Å². The van der Waals surface area contributed by atoms with E-state index >= 15 is 0 Å². The highest BCUT2D eigenvalue weighted by Gasteiger charge is 2.12. The van der Waals surface area contributed by atoms with Gasteiger partial charge in [0.2, 0.25) is 0 Å². The van der Waals surface area contributed by atoms with E-state index in [1.54, 1.807) is 12.1 Å². The third-order valence-electron chi connectivity index (χ3n) is 2.81. The predicted molar refractivity (Wildman–Crippen MR) is 67.0 cm³/mol. The second kappa shape index (κ2) is 3.99. The molecule has 0 radical (unpaired) electrons. The van der Waals surface area contributed by atoms with Crippen molar-refractivity contribution in [3.8, 4) is 5.75 Å². The first kappa shape index (κ1) is 10.5. The maximum absolute atomic E-state index is 9.75. The minimum Gasteiger partial charge on any atom is -0.508 e. The third-order valence-corrected chi connectivity index (χ3v) is 2.81. The molecule has 0 aliphatic rings. The second-order valence-electron chi connectivity index (χ2n) is 3.97. The van der Waals surface area contributed by atoms with Crippen LogP contribution in [0.1, 0.15) is 11.3 Å². The molecule has 0 amide bonds. The van der Waals surface area contributed by atoms with Gasteiger partial charge >= 0.3 is 0 Å². The SMILES string of the molecule is Nc1ncnc2n[nH]c(Cc3ccccc3O)c12. The van der Waals surface area contributed by atoms with E-state index < -0.39 is 0 Å². The molecule has 6 nitrogen and oxygen atoms in total. The van der Waals surface area contributed by atoms with Gasteiger partial charge in [-0.3, -0.25) is 5.10 Å². The van der Waals surface area contributed by atoms with Gasteiger partial charge in [-0.25, -0.2) is 9.97 Å². The quantitative estimate of drug-likeness (QED) is 0.626. The minimum atomic E-state index is 0.246. The van der Waals surface area contributed by atoms with Gasteiger partial charge in [-0.05, 0) is 11.6 Å². The van der Waals surface area contributed by atoms with Crippen LogP contribution in [0.3, 0.4) is 0 Å². The van der Waals surface area contributed by atoms with Crippen LogP contribution in [-0.4, -0.2) is 25.3 Å². The number of aromatic amines is 1. The molecule has 0 spiro atoms. The second-order valence-corrected chi connectivity index (χ2v) is 3.97. The van der Waals surface area contributed by atoms with Crippen molar-refractivity contribution in [3.63, 3.8) is 0 Å². The molecule has 2 heterocycles. The van der Waals surface area contributed by atoms with Crippen LogP contribution in [0.2, 0.25) is 0 Å². The zero-order chi connectivity index (χ0) is 12.5. The number of aromatic hydroxyl groups is 1. The van der Waals surface area contributed by atoms with Crippen LogP contribution in [-0.2, 0) is 6.42 Å². The number of anilines is 1. The maximum atomic E-state index is 9.75. The normalized spacial score (nSPS) is 10.9. The molecule has 18 heavy (non-hydrogen) atoms. The number of rotatable bonds is 2. The van der Waals surface area contributed by atoms with E-state index in [1.165, 1.54) is 6.33 Å². The number of para-hydroxylation sites is 1. The molecule has 0 aliphatic heterocycles. The van der Waals surface area contributed by atoms with Crippen molar-refractivity contribution in [2.24, 2.45) is 0 Å². The van der Waals surface area contributed by atoms with E-state index in [2.05, 4.69) is 20.2 Å². The lowest BCUT2D eigenvalue weighted by molar-refractivity contribution is 0.469. The number of phenols is 1. The smallest absolute Gasteiger partial charge is 0.186 e. The summed E-state index contributed by atoms with van der Waals surface area (Å²) in [6.07, 6.45) is 1.88. The Morgan fingerprint density at radius 2 is 2.06 bits per heavy atom. The molecule has 2 aromatic heterocycles. The molecule has 0 fully saturated rings. The van der Waals surface area contributed by atoms with E-state index in [4.69, 9.17) is 5.73 Å². The molecule has 3 rings (SSSR count). The molecule has 0 saturated heterocycles. The molecule has 6 heteroatoms. The Labute approximate surface area is 103 Å². The Hall–Kier alpha value is -2.63. The number of aromatic nitrogens is 4. The van der Waals surface area contributed by atoms with Crippen LogP contribution < -0.4 is 5.73 Å². The number of fused-ring (bicyclic) bond motifs is 1. The van der Waals surface area contributed by atoms with Crippen LogP contribution in [0.25, 0.3) is 11.0 Å². The first-order chi connectivity index (χ1) is 8.75. The van der Waals surface area contributed by atoms with Gasteiger partial charge < -0.3 is 10.8 Å². The largest absolute Gasteiger partial charge is 0.508 e. The van der Waals surface area contributed by atoms with Crippen LogP contribution in [0, 0.1) is 0 Å². The number of hydrogen-bond donors (Lipinski definition) is 3. The predicted octanol–water partition coefficient (Wildman–Crippen LogP) is 1.23. The molecular weight excluding hydrogens is 230 g/mol. The summed E-state index contributed by atoms with van der Waals surface area (Å²) in [6, 6.07) is 7.14. The highest BCUT2D eigenvalue weighted by Crippen LogP contribution is 2.24. The van der Waals surface area contributed by atoms with E-state index in [0.29, 0.717) is 23.3 Å². The van der Waals surface area contributed by atoms with Crippen LogP contribution in [0.5, 0.6) is 5.75 Å². The summed E-state index contributed by atoms with van der Waals surface area (Å²) >= 11 is 0. The monoisotopic (exact) mass is 241 g/mol. The highest BCUT2D eigenvalue weighted by molar-refractivity contribution is 5.87. The summed E-state index contributed by atoms with van der Waals surface area (Å²) in [5, 5.41) is 17.4. The van der Waals surface area contributed by atoms with Crippen molar-refractivity contribution in [2.75, 3.05) is 5.73 Å². The number of nitrogens with two attached hydrogens (primary N) is 1. The zero-order valence-corrected chi connectivity index (χ0v) is 9.46. The van der Waals surface area contributed by atoms with E-state index in [-0.39, 0.29) is 5.75 Å². The average Bonchev–Trinajstić information content (AvgIpc) is 2.77. The van der Waals surface area contributed by atoms with E-state index in [9.17, 15) is 5.11 Å². The summed E-state index contributed by atoms with van der Waals surface area (Å²) in [4.78, 5) is 7.98. The Morgan fingerprint density at radius 3 is 2.89 bits per heavy atom. The standard InChI is InChI=1S/C12H11N5O/c13-11-10-8(16-17-12(10)15-6-14-11)5-7-3-1-2-4-9(7)18/h1-4,6,18H,5H2,(H3,13,14,15,16,17). The summed E-state index contributed by atoms with van der Waals surface area (Å²) in [5.74, 6) is 0.634. The Kier molecular flexibility index (Phi) is 2.33. The van der Waals surface area contributed by atoms with Gasteiger partial charge in [0.25, 0.3) is 0 Å². The van der Waals surface area contributed by atoms with Crippen molar-refractivity contribution in [3.05, 3.63) is 41.9 Å². The highest BCUT2D eigenvalue weighted by atomic mass is 16.3. The lowest BCUT2D eigenvalue weighted by atomic mass is 10.1. The topological polar surface area (TPSA) is 101 Å². The van der Waals surface area contributed by atoms with Gasteiger partial charge in [0, 0.05) is 6.42 Å². The van der Waals surface area contributed by atoms with Crippen molar-refractivity contribution < 1.29 is 5.11 Å². The van der Waals surface area contributed by atoms with Gasteiger partial charge in [-0.1, -0.05) is 18.2 Å². The summed E-state index contributed by atoms with van der Waals surface area (Å²) in [6.45, 7) is 0. The van der Waals surface area contributed by atoms with Crippen LogP contribution >= 0.6 is 0 Å². The van der Waals surface area contributed by atoms with E-state index in [0.717, 1.165) is 11.3 Å². The molecule has 0 atom stereocenters. The molecule has 0 aliphatic carbocycles. The van der Waals surface area contributed by atoms with Gasteiger partial charge in [0.1, 0.15) is 17.9 Å². The van der Waals surface area contributed by atoms with Gasteiger partial charge in [-0.2, -0.15) is 5.10 Å². The fourth-order valence-electron chi connectivity index (χ4n) is 1.92. The third kappa shape index (κ3) is 1.64. The molecule has 90 valence electrons. The fourth-order valence-corrected chi connectivity index (χ4v) is 1.92. The fraction of sp³-hybridized carbons (Fsp3) is 0.0833. The Bertz CT molecular complexity index is 707. The summed E-state index contributed by atoms with van der Waals surface area (Å²) in [7, 11) is 0. The molecule has 0 unspecified atom stereocenters. The molecule has 3 aromatic rings. The van der Waals surface area contributed by atoms with E-state index in [1.807, 2.05) is 12.1 Å². The number of phenolic OH excluding ortho intramolecular Hbond substituents is 1. The van der Waals surface area contributed by atoms with Crippen molar-refractivity contribution >= 4 is 16.9 Å². The van der Waals surface area contributed by atoms with Crippen LogP contribution in [0.15, 0.2) is 30.6 Å². The zero-order valence-electron chi connectivity index (χ0n) is 9.46. The number of H-pyrrole nitrogens is 1. The van der Waals surface area contributed by atoms with Crippen molar-refractivity contribution in [1.29, 1.82) is 0 Å². The number of benzene rings is 1. The molecule has 0 saturated carbocycles. The van der Waals surface area contributed by atoms with Crippen molar-refractivity contribution in [1.82, 2.24) is 20.2 Å². The first-order valence-electron chi connectivity index (χ1n) is 5.46. The molecule has 0 bridgehead atoms. The number of nitrogens with zero attached hydrogens (tertiary/aromatic N) is 3. The molecule has 1 aromatic carbocycles. The number of nitrogen functional groups attached to an aromatic ring is 1. The number of hydrogen-bond acceptors (Lipinski definition) is 5. The molecular formula is C12H11N5O. The van der Waals surface area contributed by atoms with Gasteiger partial charge in [-0.15, -0.1) is 0 Å². The summed E-state index contributed by atoms with van der Waals surface area (Å²) < 4.78 is 0. The lowest BCUT2D eigenvalue weighted by Gasteiger charge is -2.03. The van der Waals surface area contributed by atoms with Crippen molar-refractivity contribution in [2.45, 2.75) is 6.42 Å². The Morgan fingerprint density at radius 1 is 1.22 bits per heavy atom. The lowest BCUT2D eigenvalue weighted by Crippen LogP contribution is -1.95. The van der Waals surface area contributed by atoms with Crippen LogP contribution in [0.4, 0.5) is 5.82 Å². The minimum absolute atomic E-state index is 0.246. The first-order valence-corrected chi connectivity index (χ1v) is 5.46.